The number of hydrogen-bond acceptors (Lipinski definition) is 4. The van der Waals surface area contributed by atoms with E-state index in [9.17, 15) is 9.59 Å². The summed E-state index contributed by atoms with van der Waals surface area (Å²) in [4.78, 5) is 24.4. The number of nitrogens with one attached hydrogen (secondary N) is 2. The van der Waals surface area contributed by atoms with Gasteiger partial charge in [-0.3, -0.25) is 14.9 Å². The topological polar surface area (TPSA) is 70.7 Å². The minimum atomic E-state index is -0.209. The van der Waals surface area contributed by atoms with Crippen molar-refractivity contribution in [2.75, 3.05) is 39.6 Å². The number of nitrogens with zero attached hydrogens (tertiary/aromatic N) is 1. The van der Waals surface area contributed by atoms with Gasteiger partial charge in [0.15, 0.2) is 0 Å². The summed E-state index contributed by atoms with van der Waals surface area (Å²) in [5.74, 6) is 0.391. The molecule has 0 unspecified atom stereocenters. The van der Waals surface area contributed by atoms with Gasteiger partial charge in [0, 0.05) is 25.8 Å². The Bertz CT molecular complexity index is 447. The number of rotatable bonds is 6. The molecule has 6 nitrogen and oxygen atoms in total. The number of carbonyl (C=O) groups excluding carboxylic acids is 2. The minimum Gasteiger partial charge on any atom is -0.497 e. The monoisotopic (exact) mass is 265 g/mol. The Labute approximate surface area is 112 Å². The van der Waals surface area contributed by atoms with Crippen LogP contribution in [0, 0.1) is 0 Å². The van der Waals surface area contributed by atoms with Crippen LogP contribution < -0.4 is 15.4 Å². The molecule has 0 heterocycles. The molecule has 0 spiro atoms. The fraction of sp³-hybridized carbons (Fsp3) is 0.385. The van der Waals surface area contributed by atoms with Gasteiger partial charge >= 0.3 is 0 Å². The van der Waals surface area contributed by atoms with Crippen molar-refractivity contribution in [3.8, 4) is 5.75 Å². The quantitative estimate of drug-likeness (QED) is 0.776. The van der Waals surface area contributed by atoms with E-state index in [4.69, 9.17) is 4.74 Å². The van der Waals surface area contributed by atoms with E-state index in [0.717, 1.165) is 0 Å². The van der Waals surface area contributed by atoms with Crippen LogP contribution in [0.1, 0.15) is 0 Å². The number of methoxy groups -OCH3 is 1. The number of carbonyl (C=O) groups is 2. The molecule has 2 N–H and O–H groups in total. The number of amides is 2. The van der Waals surface area contributed by atoms with Gasteiger partial charge in [0.2, 0.25) is 11.8 Å². The molecule has 0 saturated carbocycles. The lowest BCUT2D eigenvalue weighted by Crippen LogP contribution is -2.37. The molecule has 1 aromatic rings. The summed E-state index contributed by atoms with van der Waals surface area (Å²) in [6, 6.07) is 7.08. The number of ether oxygens (including phenoxy) is 1. The van der Waals surface area contributed by atoms with Crippen LogP contribution in [-0.4, -0.2) is 51.0 Å². The lowest BCUT2D eigenvalue weighted by Gasteiger charge is -2.11. The maximum Gasteiger partial charge on any atom is 0.238 e. The van der Waals surface area contributed by atoms with E-state index < -0.39 is 0 Å². The van der Waals surface area contributed by atoms with E-state index in [1.165, 1.54) is 4.90 Å². The fourth-order valence-corrected chi connectivity index (χ4v) is 1.35. The smallest absolute Gasteiger partial charge is 0.238 e. The molecule has 1 rings (SSSR count). The maximum absolute atomic E-state index is 11.6. The van der Waals surface area contributed by atoms with Crippen molar-refractivity contribution in [2.45, 2.75) is 0 Å². The van der Waals surface area contributed by atoms with Crippen LogP contribution in [0.5, 0.6) is 5.75 Å². The lowest BCUT2D eigenvalue weighted by atomic mass is 10.3. The summed E-state index contributed by atoms with van der Waals surface area (Å²) in [7, 11) is 4.90. The molecule has 0 bridgehead atoms. The molecule has 2 amide bonds. The zero-order chi connectivity index (χ0) is 14.3. The first kappa shape index (κ1) is 15.0. The second-order valence-corrected chi connectivity index (χ2v) is 4.17. The predicted molar refractivity (Wildman–Crippen MR) is 73.2 cm³/mol. The van der Waals surface area contributed by atoms with Gasteiger partial charge < -0.3 is 15.0 Å². The summed E-state index contributed by atoms with van der Waals surface area (Å²) in [6.45, 7) is 0.218. The molecule has 0 aliphatic rings. The highest BCUT2D eigenvalue weighted by Gasteiger charge is 2.06. The molecule has 104 valence electrons. The van der Waals surface area contributed by atoms with Crippen molar-refractivity contribution >= 4 is 17.5 Å². The first-order valence-electron chi connectivity index (χ1n) is 5.87. The van der Waals surface area contributed by atoms with E-state index in [-0.39, 0.29) is 24.9 Å². The summed E-state index contributed by atoms with van der Waals surface area (Å²) >= 11 is 0. The van der Waals surface area contributed by atoms with E-state index in [1.807, 2.05) is 0 Å². The normalized spacial score (nSPS) is 9.84. The number of benzene rings is 1. The third-order valence-corrected chi connectivity index (χ3v) is 2.41. The molecule has 6 heteroatoms. The van der Waals surface area contributed by atoms with E-state index in [0.29, 0.717) is 11.4 Å². The first-order valence-corrected chi connectivity index (χ1v) is 5.87. The third kappa shape index (κ3) is 5.39. The molecule has 0 saturated heterocycles. The first-order chi connectivity index (χ1) is 9.02. The van der Waals surface area contributed by atoms with E-state index >= 15 is 0 Å². The van der Waals surface area contributed by atoms with Crippen LogP contribution in [0.3, 0.4) is 0 Å². The zero-order valence-corrected chi connectivity index (χ0v) is 11.4. The van der Waals surface area contributed by atoms with Crippen LogP contribution in [0.4, 0.5) is 5.69 Å². The second kappa shape index (κ2) is 7.38. The van der Waals surface area contributed by atoms with Crippen molar-refractivity contribution in [3.05, 3.63) is 24.3 Å². The fourth-order valence-electron chi connectivity index (χ4n) is 1.35. The second-order valence-electron chi connectivity index (χ2n) is 4.17. The Hall–Kier alpha value is -2.08. The van der Waals surface area contributed by atoms with Crippen molar-refractivity contribution < 1.29 is 14.3 Å². The molecular formula is C13H19N3O3. The molecule has 0 aliphatic carbocycles. The standard InChI is InChI=1S/C13H19N3O3/c1-16(2)13(18)9-14-8-12(17)15-10-5-4-6-11(7-10)19-3/h4-7,14H,8-9H2,1-3H3,(H,15,17). The summed E-state index contributed by atoms with van der Waals surface area (Å²) in [5.41, 5.74) is 0.657. The van der Waals surface area contributed by atoms with Gasteiger partial charge in [0.25, 0.3) is 0 Å². The maximum atomic E-state index is 11.6. The molecule has 0 atom stereocenters. The van der Waals surface area contributed by atoms with Crippen molar-refractivity contribution in [1.82, 2.24) is 10.2 Å². The van der Waals surface area contributed by atoms with Crippen molar-refractivity contribution in [1.29, 1.82) is 0 Å². The Morgan fingerprint density at radius 3 is 2.63 bits per heavy atom. The average molecular weight is 265 g/mol. The highest BCUT2D eigenvalue weighted by molar-refractivity contribution is 5.92. The van der Waals surface area contributed by atoms with Gasteiger partial charge in [0.05, 0.1) is 20.2 Å². The van der Waals surface area contributed by atoms with Gasteiger partial charge in [-0.1, -0.05) is 6.07 Å². The Kier molecular flexibility index (Phi) is 5.81. The highest BCUT2D eigenvalue weighted by atomic mass is 16.5. The minimum absolute atomic E-state index is 0.0748. The number of hydrogen-bond donors (Lipinski definition) is 2. The van der Waals surface area contributed by atoms with Gasteiger partial charge in [-0.15, -0.1) is 0 Å². The van der Waals surface area contributed by atoms with Crippen LogP contribution in [0.15, 0.2) is 24.3 Å². The van der Waals surface area contributed by atoms with Gasteiger partial charge in [-0.2, -0.15) is 0 Å². The van der Waals surface area contributed by atoms with Crippen LogP contribution >= 0.6 is 0 Å². The third-order valence-electron chi connectivity index (χ3n) is 2.41. The molecule has 0 fully saturated rings. The Morgan fingerprint density at radius 1 is 1.26 bits per heavy atom. The molecule has 0 aliphatic heterocycles. The molecular weight excluding hydrogens is 246 g/mol. The summed E-state index contributed by atoms with van der Waals surface area (Å²) in [6.07, 6.45) is 0. The van der Waals surface area contributed by atoms with Crippen molar-refractivity contribution in [2.24, 2.45) is 0 Å². The molecule has 19 heavy (non-hydrogen) atoms. The molecule has 0 aromatic heterocycles. The Morgan fingerprint density at radius 2 is 2.00 bits per heavy atom. The van der Waals surface area contributed by atoms with E-state index in [2.05, 4.69) is 10.6 Å². The van der Waals surface area contributed by atoms with Gasteiger partial charge in [0.1, 0.15) is 5.75 Å². The molecule has 1 aromatic carbocycles. The zero-order valence-electron chi connectivity index (χ0n) is 11.4. The van der Waals surface area contributed by atoms with Crippen LogP contribution in [0.25, 0.3) is 0 Å². The van der Waals surface area contributed by atoms with Crippen molar-refractivity contribution in [3.63, 3.8) is 0 Å². The largest absolute Gasteiger partial charge is 0.497 e. The van der Waals surface area contributed by atoms with Gasteiger partial charge in [-0.05, 0) is 12.1 Å². The van der Waals surface area contributed by atoms with Crippen LogP contribution in [-0.2, 0) is 9.59 Å². The Balaban J connectivity index is 2.36. The number of likely N-dealkylation sites (N-methyl/N-ethyl adjacent to an activating group) is 1. The predicted octanol–water partition coefficient (Wildman–Crippen LogP) is 0.311. The lowest BCUT2D eigenvalue weighted by molar-refractivity contribution is -0.127. The molecule has 0 radical (unpaired) electrons. The highest BCUT2D eigenvalue weighted by Crippen LogP contribution is 2.16. The average Bonchev–Trinajstić information content (AvgIpc) is 2.38. The summed E-state index contributed by atoms with van der Waals surface area (Å²) < 4.78 is 5.06. The van der Waals surface area contributed by atoms with E-state index in [1.54, 1.807) is 45.5 Å². The van der Waals surface area contributed by atoms with Crippen LogP contribution in [0.2, 0.25) is 0 Å². The SMILES string of the molecule is COc1cccc(NC(=O)CNCC(=O)N(C)C)c1. The van der Waals surface area contributed by atoms with Gasteiger partial charge in [-0.25, -0.2) is 0 Å². The number of anilines is 1. The summed E-state index contributed by atoms with van der Waals surface area (Å²) in [5, 5.41) is 5.49.